The number of piperazine rings is 1. The molecular formula is C19H30N4O. The number of carbonyl (C=O) groups excluding carboxylic acids is 1. The summed E-state index contributed by atoms with van der Waals surface area (Å²) in [5.41, 5.74) is 1.22. The Balaban J connectivity index is 1.49. The lowest BCUT2D eigenvalue weighted by Crippen LogP contribution is -2.50. The van der Waals surface area contributed by atoms with Crippen LogP contribution in [0, 0.1) is 0 Å². The molecule has 0 spiro atoms. The predicted molar refractivity (Wildman–Crippen MR) is 97.3 cm³/mol. The maximum atomic E-state index is 12.5. The number of aromatic nitrogens is 1. The van der Waals surface area contributed by atoms with E-state index >= 15 is 0 Å². The first kappa shape index (κ1) is 17.2. The highest BCUT2D eigenvalue weighted by Crippen LogP contribution is 2.19. The van der Waals surface area contributed by atoms with Crippen LogP contribution in [0.25, 0.3) is 0 Å². The highest BCUT2D eigenvalue weighted by molar-refractivity contribution is 5.76. The summed E-state index contributed by atoms with van der Waals surface area (Å²) in [6.45, 7) is 10.4. The maximum Gasteiger partial charge on any atom is 0.222 e. The quantitative estimate of drug-likeness (QED) is 0.829. The zero-order valence-electron chi connectivity index (χ0n) is 15.1. The van der Waals surface area contributed by atoms with Crippen molar-refractivity contribution >= 4 is 11.7 Å². The van der Waals surface area contributed by atoms with Gasteiger partial charge in [-0.05, 0) is 50.8 Å². The van der Waals surface area contributed by atoms with Crippen molar-refractivity contribution < 1.29 is 4.79 Å². The Morgan fingerprint density at radius 2 is 1.83 bits per heavy atom. The standard InChI is InChI=1S/C19H30N4O/c1-16(2)21-11-13-23(14-12-21)19(24)6-5-17-7-8-20-18(15-17)22-9-3-4-10-22/h7-8,15-16H,3-6,9-14H2,1-2H3. The van der Waals surface area contributed by atoms with Crippen molar-refractivity contribution in [3.8, 4) is 0 Å². The summed E-state index contributed by atoms with van der Waals surface area (Å²) in [5, 5.41) is 0. The Labute approximate surface area is 145 Å². The molecular weight excluding hydrogens is 300 g/mol. The Bertz CT molecular complexity index is 546. The van der Waals surface area contributed by atoms with E-state index in [2.05, 4.69) is 34.7 Å². The minimum atomic E-state index is 0.290. The summed E-state index contributed by atoms with van der Waals surface area (Å²) in [7, 11) is 0. The fourth-order valence-electron chi connectivity index (χ4n) is 3.63. The van der Waals surface area contributed by atoms with Crippen LogP contribution in [0.2, 0.25) is 0 Å². The van der Waals surface area contributed by atoms with Crippen molar-refractivity contribution in [2.75, 3.05) is 44.2 Å². The Kier molecular flexibility index (Phi) is 5.72. The topological polar surface area (TPSA) is 39.7 Å². The van der Waals surface area contributed by atoms with Gasteiger partial charge >= 0.3 is 0 Å². The molecule has 0 aromatic carbocycles. The first-order valence-electron chi connectivity index (χ1n) is 9.35. The molecule has 2 saturated heterocycles. The van der Waals surface area contributed by atoms with Crippen LogP contribution in [0.1, 0.15) is 38.7 Å². The van der Waals surface area contributed by atoms with Crippen molar-refractivity contribution in [2.24, 2.45) is 0 Å². The third-order valence-corrected chi connectivity index (χ3v) is 5.26. The molecule has 0 aliphatic carbocycles. The van der Waals surface area contributed by atoms with E-state index in [1.54, 1.807) is 0 Å². The summed E-state index contributed by atoms with van der Waals surface area (Å²) in [6, 6.07) is 4.78. The van der Waals surface area contributed by atoms with Crippen LogP contribution >= 0.6 is 0 Å². The molecule has 0 atom stereocenters. The van der Waals surface area contributed by atoms with Gasteiger partial charge in [-0.15, -0.1) is 0 Å². The molecule has 2 aliphatic heterocycles. The van der Waals surface area contributed by atoms with E-state index in [1.807, 2.05) is 17.2 Å². The van der Waals surface area contributed by atoms with E-state index in [-0.39, 0.29) is 5.91 Å². The molecule has 5 heteroatoms. The second kappa shape index (κ2) is 7.97. The van der Waals surface area contributed by atoms with Gasteiger partial charge in [0.25, 0.3) is 0 Å². The van der Waals surface area contributed by atoms with Crippen LogP contribution in [-0.2, 0) is 11.2 Å². The monoisotopic (exact) mass is 330 g/mol. The van der Waals surface area contributed by atoms with Gasteiger partial charge in [-0.2, -0.15) is 0 Å². The van der Waals surface area contributed by atoms with Gasteiger partial charge in [-0.25, -0.2) is 4.98 Å². The van der Waals surface area contributed by atoms with E-state index in [0.717, 1.165) is 51.5 Å². The average molecular weight is 330 g/mol. The molecule has 2 aliphatic rings. The number of aryl methyl sites for hydroxylation is 1. The normalized spacial score (nSPS) is 19.3. The molecule has 0 unspecified atom stereocenters. The first-order valence-corrected chi connectivity index (χ1v) is 9.35. The Morgan fingerprint density at radius 3 is 2.50 bits per heavy atom. The Hall–Kier alpha value is -1.62. The molecule has 24 heavy (non-hydrogen) atoms. The molecule has 0 radical (unpaired) electrons. The van der Waals surface area contributed by atoms with Gasteiger partial charge in [0, 0.05) is 57.9 Å². The van der Waals surface area contributed by atoms with E-state index in [9.17, 15) is 4.79 Å². The number of anilines is 1. The largest absolute Gasteiger partial charge is 0.357 e. The second-order valence-corrected chi connectivity index (χ2v) is 7.23. The first-order chi connectivity index (χ1) is 11.6. The predicted octanol–water partition coefficient (Wildman–Crippen LogP) is 2.17. The van der Waals surface area contributed by atoms with Crippen molar-refractivity contribution in [2.45, 2.75) is 45.6 Å². The summed E-state index contributed by atoms with van der Waals surface area (Å²) in [4.78, 5) is 23.8. The lowest BCUT2D eigenvalue weighted by Gasteiger charge is -2.37. The minimum Gasteiger partial charge on any atom is -0.357 e. The number of nitrogens with zero attached hydrogens (tertiary/aromatic N) is 4. The molecule has 0 bridgehead atoms. The van der Waals surface area contributed by atoms with Crippen molar-refractivity contribution in [1.82, 2.24) is 14.8 Å². The van der Waals surface area contributed by atoms with E-state index in [0.29, 0.717) is 12.5 Å². The number of carbonyl (C=O) groups is 1. The van der Waals surface area contributed by atoms with Crippen LogP contribution < -0.4 is 4.90 Å². The second-order valence-electron chi connectivity index (χ2n) is 7.23. The van der Waals surface area contributed by atoms with Gasteiger partial charge in [-0.3, -0.25) is 9.69 Å². The van der Waals surface area contributed by atoms with Crippen molar-refractivity contribution in [3.63, 3.8) is 0 Å². The highest BCUT2D eigenvalue weighted by atomic mass is 16.2. The number of pyridine rings is 1. The summed E-state index contributed by atoms with van der Waals surface area (Å²) >= 11 is 0. The molecule has 5 nitrogen and oxygen atoms in total. The van der Waals surface area contributed by atoms with Crippen LogP contribution in [0.3, 0.4) is 0 Å². The van der Waals surface area contributed by atoms with E-state index in [4.69, 9.17) is 0 Å². The number of hydrogen-bond donors (Lipinski definition) is 0. The Morgan fingerprint density at radius 1 is 1.12 bits per heavy atom. The molecule has 1 amide bonds. The molecule has 0 N–H and O–H groups in total. The molecule has 2 fully saturated rings. The smallest absolute Gasteiger partial charge is 0.222 e. The van der Waals surface area contributed by atoms with Gasteiger partial charge in [-0.1, -0.05) is 0 Å². The molecule has 0 saturated carbocycles. The van der Waals surface area contributed by atoms with Gasteiger partial charge in [0.05, 0.1) is 0 Å². The molecule has 3 heterocycles. The molecule has 1 aromatic heterocycles. The van der Waals surface area contributed by atoms with E-state index in [1.165, 1.54) is 18.4 Å². The number of rotatable bonds is 5. The maximum absolute atomic E-state index is 12.5. The third kappa shape index (κ3) is 4.26. The third-order valence-electron chi connectivity index (χ3n) is 5.26. The summed E-state index contributed by atoms with van der Waals surface area (Å²) in [6.07, 6.45) is 5.81. The summed E-state index contributed by atoms with van der Waals surface area (Å²) < 4.78 is 0. The molecule has 1 aromatic rings. The van der Waals surface area contributed by atoms with Gasteiger partial charge in [0.15, 0.2) is 0 Å². The van der Waals surface area contributed by atoms with Crippen molar-refractivity contribution in [3.05, 3.63) is 23.9 Å². The van der Waals surface area contributed by atoms with Crippen LogP contribution in [0.4, 0.5) is 5.82 Å². The van der Waals surface area contributed by atoms with Crippen LogP contribution in [0.5, 0.6) is 0 Å². The summed E-state index contributed by atoms with van der Waals surface area (Å²) in [5.74, 6) is 1.36. The van der Waals surface area contributed by atoms with E-state index < -0.39 is 0 Å². The zero-order chi connectivity index (χ0) is 16.9. The fraction of sp³-hybridized carbons (Fsp3) is 0.684. The minimum absolute atomic E-state index is 0.290. The van der Waals surface area contributed by atoms with Crippen LogP contribution in [-0.4, -0.2) is 66.0 Å². The SMILES string of the molecule is CC(C)N1CCN(C(=O)CCc2ccnc(N3CCCC3)c2)CC1. The lowest BCUT2D eigenvalue weighted by atomic mass is 10.1. The van der Waals surface area contributed by atoms with Gasteiger partial charge < -0.3 is 9.80 Å². The van der Waals surface area contributed by atoms with Crippen LogP contribution in [0.15, 0.2) is 18.3 Å². The zero-order valence-corrected chi connectivity index (χ0v) is 15.1. The molecule has 3 rings (SSSR count). The average Bonchev–Trinajstić information content (AvgIpc) is 3.15. The highest BCUT2D eigenvalue weighted by Gasteiger charge is 2.22. The molecule has 132 valence electrons. The fourth-order valence-corrected chi connectivity index (χ4v) is 3.63. The number of hydrogen-bond acceptors (Lipinski definition) is 4. The van der Waals surface area contributed by atoms with Crippen molar-refractivity contribution in [1.29, 1.82) is 0 Å². The number of amides is 1. The lowest BCUT2D eigenvalue weighted by molar-refractivity contribution is -0.133. The van der Waals surface area contributed by atoms with Gasteiger partial charge in [0.2, 0.25) is 5.91 Å². The van der Waals surface area contributed by atoms with Gasteiger partial charge in [0.1, 0.15) is 5.82 Å².